The van der Waals surface area contributed by atoms with E-state index in [4.69, 9.17) is 10.5 Å². The summed E-state index contributed by atoms with van der Waals surface area (Å²) in [5, 5.41) is 2.57. The van der Waals surface area contributed by atoms with E-state index in [9.17, 15) is 9.59 Å². The molecule has 8 heteroatoms. The Balaban J connectivity index is 1.92. The molecule has 1 fully saturated rings. The lowest BCUT2D eigenvalue weighted by atomic mass is 10.1. The number of urea groups is 1. The molecule has 0 spiro atoms. The number of nitrogens with one attached hydrogen (secondary N) is 1. The number of rotatable bonds is 7. The molecular weight excluding hydrogens is 340 g/mol. The van der Waals surface area contributed by atoms with Gasteiger partial charge in [-0.3, -0.25) is 4.79 Å². The van der Waals surface area contributed by atoms with Gasteiger partial charge in [-0.05, 0) is 42.7 Å². The Hall–Kier alpha value is -2.09. The quantitative estimate of drug-likeness (QED) is 0.755. The van der Waals surface area contributed by atoms with Crippen LogP contribution in [-0.4, -0.2) is 68.2 Å². The van der Waals surface area contributed by atoms with Crippen molar-refractivity contribution in [3.8, 4) is 5.75 Å². The third-order valence-corrected chi connectivity index (χ3v) is 4.90. The maximum absolute atomic E-state index is 12.7. The van der Waals surface area contributed by atoms with Gasteiger partial charge in [0.15, 0.2) is 0 Å². The Morgan fingerprint density at radius 2 is 1.88 bits per heavy atom. The van der Waals surface area contributed by atoms with Crippen LogP contribution in [0.2, 0.25) is 0 Å². The Kier molecular flexibility index (Phi) is 7.24. The van der Waals surface area contributed by atoms with Gasteiger partial charge in [0.1, 0.15) is 11.8 Å². The first-order valence-electron chi connectivity index (χ1n) is 8.28. The van der Waals surface area contributed by atoms with Crippen LogP contribution < -0.4 is 20.7 Å². The van der Waals surface area contributed by atoms with E-state index in [1.807, 2.05) is 30.5 Å². The Morgan fingerprint density at radius 3 is 2.40 bits per heavy atom. The fourth-order valence-electron chi connectivity index (χ4n) is 2.86. The summed E-state index contributed by atoms with van der Waals surface area (Å²) in [6.07, 6.45) is 2.56. The summed E-state index contributed by atoms with van der Waals surface area (Å²) < 4.78 is 5.18. The van der Waals surface area contributed by atoms with Gasteiger partial charge in [0.25, 0.3) is 0 Å². The van der Waals surface area contributed by atoms with Crippen molar-refractivity contribution in [2.75, 3.05) is 50.2 Å². The van der Waals surface area contributed by atoms with Crippen LogP contribution in [0.4, 0.5) is 10.5 Å². The molecule has 1 aliphatic heterocycles. The van der Waals surface area contributed by atoms with E-state index >= 15 is 0 Å². The van der Waals surface area contributed by atoms with Crippen LogP contribution in [-0.2, 0) is 4.79 Å². The van der Waals surface area contributed by atoms with Crippen LogP contribution in [0.1, 0.15) is 6.42 Å². The monoisotopic (exact) mass is 366 g/mol. The molecule has 0 radical (unpaired) electrons. The number of primary amides is 1. The van der Waals surface area contributed by atoms with Gasteiger partial charge in [-0.25, -0.2) is 4.79 Å². The highest BCUT2D eigenvalue weighted by Crippen LogP contribution is 2.20. The molecule has 138 valence electrons. The van der Waals surface area contributed by atoms with Crippen molar-refractivity contribution in [1.29, 1.82) is 0 Å². The molecule has 1 aliphatic rings. The van der Waals surface area contributed by atoms with Crippen molar-refractivity contribution in [2.24, 2.45) is 5.73 Å². The molecule has 3 amide bonds. The largest absolute Gasteiger partial charge is 0.497 e. The summed E-state index contributed by atoms with van der Waals surface area (Å²) in [4.78, 5) is 27.9. The normalized spacial score (nSPS) is 15.6. The molecule has 0 aliphatic carbocycles. The molecule has 1 heterocycles. The van der Waals surface area contributed by atoms with Crippen LogP contribution in [0.5, 0.6) is 5.75 Å². The Labute approximate surface area is 152 Å². The number of nitrogens with zero attached hydrogens (tertiary/aromatic N) is 2. The fourth-order valence-corrected chi connectivity index (χ4v) is 3.33. The molecule has 1 aromatic rings. The predicted molar refractivity (Wildman–Crippen MR) is 101 cm³/mol. The highest BCUT2D eigenvalue weighted by Gasteiger charge is 2.28. The first-order chi connectivity index (χ1) is 12.0. The van der Waals surface area contributed by atoms with Crippen LogP contribution in [0.15, 0.2) is 24.3 Å². The topological polar surface area (TPSA) is 87.9 Å². The molecule has 7 nitrogen and oxygen atoms in total. The third-order valence-electron chi connectivity index (χ3n) is 4.25. The van der Waals surface area contributed by atoms with Crippen molar-refractivity contribution in [2.45, 2.75) is 12.5 Å². The molecule has 0 aromatic heterocycles. The number of benzene rings is 1. The van der Waals surface area contributed by atoms with Gasteiger partial charge < -0.3 is 25.6 Å². The summed E-state index contributed by atoms with van der Waals surface area (Å²) in [6.45, 7) is 2.76. The lowest BCUT2D eigenvalue weighted by Crippen LogP contribution is -2.55. The number of nitrogens with two attached hydrogens (primary N) is 1. The van der Waals surface area contributed by atoms with Gasteiger partial charge in [-0.15, -0.1) is 0 Å². The standard InChI is InChI=1S/C17H26N4O3S/c1-24-14-5-3-13(4-6-14)20-8-10-21(11-9-20)16(22)15(7-12-25-2)19-17(18)23/h3-6,15H,7-12H2,1-2H3,(H3,18,19,23)/t15-/m1/s1. The molecule has 1 saturated heterocycles. The van der Waals surface area contributed by atoms with Crippen LogP contribution in [0, 0.1) is 0 Å². The first kappa shape index (κ1) is 19.2. The number of anilines is 1. The van der Waals surface area contributed by atoms with E-state index < -0.39 is 12.1 Å². The fraction of sp³-hybridized carbons (Fsp3) is 0.529. The van der Waals surface area contributed by atoms with E-state index in [0.717, 1.165) is 30.3 Å². The van der Waals surface area contributed by atoms with Crippen molar-refractivity contribution in [3.63, 3.8) is 0 Å². The maximum Gasteiger partial charge on any atom is 0.312 e. The number of amides is 3. The maximum atomic E-state index is 12.7. The number of carbonyl (C=O) groups is 2. The number of hydrogen-bond donors (Lipinski definition) is 2. The van der Waals surface area contributed by atoms with Gasteiger partial charge >= 0.3 is 6.03 Å². The average Bonchev–Trinajstić information content (AvgIpc) is 2.64. The molecule has 2 rings (SSSR count). The highest BCUT2D eigenvalue weighted by atomic mass is 32.2. The Bertz CT molecular complexity index is 574. The van der Waals surface area contributed by atoms with Gasteiger partial charge in [0, 0.05) is 31.9 Å². The second-order valence-corrected chi connectivity index (χ2v) is 6.84. The van der Waals surface area contributed by atoms with E-state index in [0.29, 0.717) is 19.5 Å². The number of thioether (sulfide) groups is 1. The smallest absolute Gasteiger partial charge is 0.312 e. The number of hydrogen-bond acceptors (Lipinski definition) is 5. The minimum atomic E-state index is -0.656. The number of methoxy groups -OCH3 is 1. The molecule has 0 unspecified atom stereocenters. The van der Waals surface area contributed by atoms with Crippen molar-refractivity contribution in [3.05, 3.63) is 24.3 Å². The van der Waals surface area contributed by atoms with Crippen molar-refractivity contribution in [1.82, 2.24) is 10.2 Å². The van der Waals surface area contributed by atoms with Crippen LogP contribution in [0.25, 0.3) is 0 Å². The molecular formula is C17H26N4O3S. The van der Waals surface area contributed by atoms with Gasteiger partial charge in [-0.1, -0.05) is 0 Å². The second-order valence-electron chi connectivity index (χ2n) is 5.85. The SMILES string of the molecule is COc1ccc(N2CCN(C(=O)[C@@H](CCSC)NC(N)=O)CC2)cc1. The van der Waals surface area contributed by atoms with E-state index in [1.54, 1.807) is 23.8 Å². The third kappa shape index (κ3) is 5.45. The van der Waals surface area contributed by atoms with Gasteiger partial charge in [0.2, 0.25) is 5.91 Å². The molecule has 0 bridgehead atoms. The number of ether oxygens (including phenoxy) is 1. The predicted octanol–water partition coefficient (Wildman–Crippen LogP) is 1.13. The minimum absolute atomic E-state index is 0.0535. The highest BCUT2D eigenvalue weighted by molar-refractivity contribution is 7.98. The first-order valence-corrected chi connectivity index (χ1v) is 9.67. The number of carbonyl (C=O) groups excluding carboxylic acids is 2. The molecule has 0 saturated carbocycles. The lowest BCUT2D eigenvalue weighted by molar-refractivity contribution is -0.133. The number of piperazine rings is 1. The Morgan fingerprint density at radius 1 is 1.24 bits per heavy atom. The van der Waals surface area contributed by atoms with Crippen LogP contribution in [0.3, 0.4) is 0 Å². The average molecular weight is 366 g/mol. The second kappa shape index (κ2) is 9.41. The van der Waals surface area contributed by atoms with Crippen molar-refractivity contribution < 1.29 is 14.3 Å². The molecule has 1 atom stereocenters. The van der Waals surface area contributed by atoms with Gasteiger partial charge in [0.05, 0.1) is 7.11 Å². The van der Waals surface area contributed by atoms with E-state index in [1.165, 1.54) is 0 Å². The lowest BCUT2D eigenvalue weighted by Gasteiger charge is -2.37. The van der Waals surface area contributed by atoms with Crippen LogP contribution >= 0.6 is 11.8 Å². The summed E-state index contributed by atoms with van der Waals surface area (Å²) in [5.74, 6) is 1.57. The summed E-state index contributed by atoms with van der Waals surface area (Å²) in [7, 11) is 1.65. The zero-order valence-electron chi connectivity index (χ0n) is 14.7. The summed E-state index contributed by atoms with van der Waals surface area (Å²) >= 11 is 1.64. The zero-order valence-corrected chi connectivity index (χ0v) is 15.6. The summed E-state index contributed by atoms with van der Waals surface area (Å²) in [5.41, 5.74) is 6.32. The van der Waals surface area contributed by atoms with E-state index in [2.05, 4.69) is 10.2 Å². The van der Waals surface area contributed by atoms with Crippen molar-refractivity contribution >= 4 is 29.4 Å². The minimum Gasteiger partial charge on any atom is -0.497 e. The van der Waals surface area contributed by atoms with E-state index in [-0.39, 0.29) is 5.91 Å². The molecule has 3 N–H and O–H groups in total. The molecule has 25 heavy (non-hydrogen) atoms. The van der Waals surface area contributed by atoms with Gasteiger partial charge in [-0.2, -0.15) is 11.8 Å². The molecule has 1 aromatic carbocycles. The summed E-state index contributed by atoms with van der Waals surface area (Å²) in [6, 6.07) is 6.71. The zero-order chi connectivity index (χ0) is 18.2.